The molecule has 1 amide bonds. The smallest absolute Gasteiger partial charge is 0.262 e. The van der Waals surface area contributed by atoms with Crippen LogP contribution in [0.4, 0.5) is 0 Å². The van der Waals surface area contributed by atoms with E-state index in [0.29, 0.717) is 23.1 Å². The largest absolute Gasteiger partial charge is 0.358 e. The van der Waals surface area contributed by atoms with Crippen molar-refractivity contribution in [3.63, 3.8) is 0 Å². The SMILES string of the molecule is O=C1NCc2nc3ccccc3c(=O)n2[C@H]1Cc1cc2ccccc2[nH]1. The Morgan fingerprint density at radius 2 is 1.88 bits per heavy atom. The van der Waals surface area contributed by atoms with Crippen molar-refractivity contribution in [1.82, 2.24) is 19.9 Å². The third kappa shape index (κ3) is 2.23. The van der Waals surface area contributed by atoms with E-state index in [-0.39, 0.29) is 18.0 Å². The van der Waals surface area contributed by atoms with Crippen LogP contribution in [0.25, 0.3) is 21.8 Å². The predicted molar refractivity (Wildman–Crippen MR) is 98.9 cm³/mol. The number of para-hydroxylation sites is 2. The lowest BCUT2D eigenvalue weighted by atomic mass is 10.1. The Balaban J connectivity index is 1.64. The molecule has 26 heavy (non-hydrogen) atoms. The highest BCUT2D eigenvalue weighted by Gasteiger charge is 2.30. The van der Waals surface area contributed by atoms with Gasteiger partial charge in [0.1, 0.15) is 11.9 Å². The van der Waals surface area contributed by atoms with Gasteiger partial charge in [-0.1, -0.05) is 30.3 Å². The van der Waals surface area contributed by atoms with Gasteiger partial charge in [0.25, 0.3) is 5.56 Å². The number of H-pyrrole nitrogens is 1. The number of hydrogen-bond donors (Lipinski definition) is 2. The number of fused-ring (bicyclic) bond motifs is 3. The number of benzene rings is 2. The molecule has 0 unspecified atom stereocenters. The van der Waals surface area contributed by atoms with Gasteiger partial charge in [0.2, 0.25) is 5.91 Å². The molecule has 2 N–H and O–H groups in total. The van der Waals surface area contributed by atoms with Crippen LogP contribution in [0.2, 0.25) is 0 Å². The molecule has 4 aromatic rings. The Bertz CT molecular complexity index is 1190. The zero-order valence-electron chi connectivity index (χ0n) is 13.9. The summed E-state index contributed by atoms with van der Waals surface area (Å²) in [6.07, 6.45) is 0.410. The topological polar surface area (TPSA) is 79.8 Å². The molecular formula is C20H16N4O2. The second kappa shape index (κ2) is 5.56. The van der Waals surface area contributed by atoms with Crippen LogP contribution in [0.1, 0.15) is 17.6 Å². The molecule has 1 atom stereocenters. The summed E-state index contributed by atoms with van der Waals surface area (Å²) in [5, 5.41) is 4.48. The van der Waals surface area contributed by atoms with Crippen LogP contribution in [0.5, 0.6) is 0 Å². The van der Waals surface area contributed by atoms with Gasteiger partial charge in [0.15, 0.2) is 0 Å². The van der Waals surface area contributed by atoms with E-state index in [2.05, 4.69) is 15.3 Å². The van der Waals surface area contributed by atoms with Crippen molar-refractivity contribution in [2.24, 2.45) is 0 Å². The van der Waals surface area contributed by atoms with Crippen molar-refractivity contribution in [3.05, 3.63) is 76.5 Å². The summed E-state index contributed by atoms with van der Waals surface area (Å²) >= 11 is 0. The van der Waals surface area contributed by atoms with Crippen molar-refractivity contribution in [2.75, 3.05) is 0 Å². The fourth-order valence-electron chi connectivity index (χ4n) is 3.67. The minimum atomic E-state index is -0.614. The van der Waals surface area contributed by atoms with Gasteiger partial charge in [-0.2, -0.15) is 0 Å². The first-order valence-corrected chi connectivity index (χ1v) is 8.55. The number of nitrogens with one attached hydrogen (secondary N) is 2. The summed E-state index contributed by atoms with van der Waals surface area (Å²) in [5.74, 6) is 0.435. The number of carbonyl (C=O) groups is 1. The van der Waals surface area contributed by atoms with E-state index in [4.69, 9.17) is 0 Å². The van der Waals surface area contributed by atoms with E-state index in [1.54, 1.807) is 10.6 Å². The molecule has 5 rings (SSSR count). The summed E-state index contributed by atoms with van der Waals surface area (Å²) < 4.78 is 1.55. The molecule has 0 saturated heterocycles. The average Bonchev–Trinajstić information content (AvgIpc) is 3.07. The fourth-order valence-corrected chi connectivity index (χ4v) is 3.67. The molecule has 0 saturated carbocycles. The zero-order chi connectivity index (χ0) is 17.7. The highest BCUT2D eigenvalue weighted by atomic mass is 16.2. The molecule has 2 aromatic carbocycles. The van der Waals surface area contributed by atoms with E-state index < -0.39 is 6.04 Å². The first kappa shape index (κ1) is 14.9. The lowest BCUT2D eigenvalue weighted by Crippen LogP contribution is -2.46. The van der Waals surface area contributed by atoms with Crippen LogP contribution >= 0.6 is 0 Å². The maximum Gasteiger partial charge on any atom is 0.262 e. The van der Waals surface area contributed by atoms with Crippen LogP contribution in [-0.4, -0.2) is 20.4 Å². The van der Waals surface area contributed by atoms with Gasteiger partial charge in [0.05, 0.1) is 17.4 Å². The molecule has 1 aliphatic heterocycles. The van der Waals surface area contributed by atoms with Gasteiger partial charge in [-0.15, -0.1) is 0 Å². The summed E-state index contributed by atoms with van der Waals surface area (Å²) in [7, 11) is 0. The summed E-state index contributed by atoms with van der Waals surface area (Å²) in [6.45, 7) is 0.266. The molecule has 6 heteroatoms. The van der Waals surface area contributed by atoms with Gasteiger partial charge in [0, 0.05) is 17.6 Å². The summed E-state index contributed by atoms with van der Waals surface area (Å²) in [6, 6.07) is 16.6. The van der Waals surface area contributed by atoms with E-state index in [1.807, 2.05) is 48.5 Å². The number of hydrogen-bond acceptors (Lipinski definition) is 3. The van der Waals surface area contributed by atoms with Crippen LogP contribution in [0, 0.1) is 0 Å². The third-order valence-electron chi connectivity index (χ3n) is 4.91. The normalized spacial score (nSPS) is 16.6. The lowest BCUT2D eigenvalue weighted by Gasteiger charge is -2.27. The summed E-state index contributed by atoms with van der Waals surface area (Å²) in [4.78, 5) is 33.5. The van der Waals surface area contributed by atoms with Crippen LogP contribution in [-0.2, 0) is 17.8 Å². The standard InChI is InChI=1S/C20H16N4O2/c25-19-17(10-13-9-12-5-1-3-7-15(12)22-13)24-18(11-21-19)23-16-8-4-2-6-14(16)20(24)26/h1-9,17,22H,10-11H2,(H,21,25)/t17-/m0/s1. The fraction of sp³-hybridized carbons (Fsp3) is 0.150. The number of rotatable bonds is 2. The Labute approximate surface area is 148 Å². The van der Waals surface area contributed by atoms with Crippen molar-refractivity contribution in [2.45, 2.75) is 19.0 Å². The second-order valence-corrected chi connectivity index (χ2v) is 6.54. The molecule has 1 aliphatic rings. The van der Waals surface area contributed by atoms with Crippen LogP contribution in [0.15, 0.2) is 59.4 Å². The second-order valence-electron chi connectivity index (χ2n) is 6.54. The quantitative estimate of drug-likeness (QED) is 0.585. The van der Waals surface area contributed by atoms with Crippen molar-refractivity contribution in [1.29, 1.82) is 0 Å². The zero-order valence-corrected chi connectivity index (χ0v) is 13.9. The number of amides is 1. The minimum Gasteiger partial charge on any atom is -0.358 e. The average molecular weight is 344 g/mol. The van der Waals surface area contributed by atoms with E-state index in [9.17, 15) is 9.59 Å². The minimum absolute atomic E-state index is 0.157. The van der Waals surface area contributed by atoms with Crippen LogP contribution < -0.4 is 10.9 Å². The molecular weight excluding hydrogens is 328 g/mol. The monoisotopic (exact) mass is 344 g/mol. The predicted octanol–water partition coefficient (Wildman–Crippen LogP) is 2.29. The Morgan fingerprint density at radius 3 is 2.77 bits per heavy atom. The highest BCUT2D eigenvalue weighted by molar-refractivity contribution is 5.84. The van der Waals surface area contributed by atoms with Gasteiger partial charge in [-0.05, 0) is 29.7 Å². The summed E-state index contributed by atoms with van der Waals surface area (Å²) in [5.41, 5.74) is 2.42. The number of carbonyl (C=O) groups excluding carboxylic acids is 1. The molecule has 3 heterocycles. The molecule has 2 aromatic heterocycles. The van der Waals surface area contributed by atoms with Gasteiger partial charge >= 0.3 is 0 Å². The number of aromatic amines is 1. The van der Waals surface area contributed by atoms with E-state index in [1.165, 1.54) is 0 Å². The Kier molecular flexibility index (Phi) is 3.18. The van der Waals surface area contributed by atoms with E-state index in [0.717, 1.165) is 16.6 Å². The molecule has 0 spiro atoms. The molecule has 0 aliphatic carbocycles. The van der Waals surface area contributed by atoms with Gasteiger partial charge in [-0.3, -0.25) is 14.2 Å². The molecule has 128 valence electrons. The molecule has 0 fully saturated rings. The Hall–Kier alpha value is -3.41. The Morgan fingerprint density at radius 1 is 1.08 bits per heavy atom. The number of aromatic nitrogens is 3. The maximum absolute atomic E-state index is 13.0. The number of nitrogens with zero attached hydrogens (tertiary/aromatic N) is 2. The van der Waals surface area contributed by atoms with Crippen molar-refractivity contribution in [3.8, 4) is 0 Å². The molecule has 0 radical (unpaired) electrons. The van der Waals surface area contributed by atoms with Gasteiger partial charge < -0.3 is 10.3 Å². The maximum atomic E-state index is 13.0. The first-order chi connectivity index (χ1) is 12.7. The van der Waals surface area contributed by atoms with Crippen molar-refractivity contribution < 1.29 is 4.79 Å². The van der Waals surface area contributed by atoms with Crippen molar-refractivity contribution >= 4 is 27.7 Å². The highest BCUT2D eigenvalue weighted by Crippen LogP contribution is 2.22. The van der Waals surface area contributed by atoms with E-state index >= 15 is 0 Å². The molecule has 6 nitrogen and oxygen atoms in total. The van der Waals surface area contributed by atoms with Gasteiger partial charge in [-0.25, -0.2) is 4.98 Å². The third-order valence-corrected chi connectivity index (χ3v) is 4.91. The molecule has 0 bridgehead atoms. The first-order valence-electron chi connectivity index (χ1n) is 8.55. The van der Waals surface area contributed by atoms with Crippen LogP contribution in [0.3, 0.4) is 0 Å². The lowest BCUT2D eigenvalue weighted by molar-refractivity contribution is -0.125.